The Balaban J connectivity index is 1.77. The van der Waals surface area contributed by atoms with E-state index in [2.05, 4.69) is 10.4 Å². The summed E-state index contributed by atoms with van der Waals surface area (Å²) in [5.41, 5.74) is -1.65. The zero-order valence-electron chi connectivity index (χ0n) is 15.0. The van der Waals surface area contributed by atoms with Crippen LogP contribution in [-0.2, 0) is 0 Å². The van der Waals surface area contributed by atoms with E-state index in [1.165, 1.54) is 24.4 Å². The van der Waals surface area contributed by atoms with Gasteiger partial charge in [-0.1, -0.05) is 6.07 Å². The van der Waals surface area contributed by atoms with E-state index in [-0.39, 0.29) is 16.9 Å². The van der Waals surface area contributed by atoms with Crippen molar-refractivity contribution in [1.29, 1.82) is 0 Å². The van der Waals surface area contributed by atoms with E-state index in [1.807, 2.05) is 0 Å². The number of nitrogens with zero attached hydrogens (tertiary/aromatic N) is 2. The Morgan fingerprint density at radius 1 is 0.867 bits per heavy atom. The Labute approximate surface area is 166 Å². The van der Waals surface area contributed by atoms with E-state index in [9.17, 15) is 27.2 Å². The lowest BCUT2D eigenvalue weighted by Crippen LogP contribution is -2.17. The Hall–Kier alpha value is -4.01. The van der Waals surface area contributed by atoms with Crippen LogP contribution in [0, 0.1) is 23.3 Å². The van der Waals surface area contributed by atoms with Gasteiger partial charge in [0.2, 0.25) is 0 Å². The summed E-state index contributed by atoms with van der Waals surface area (Å²) in [5, 5.41) is 6.43. The molecule has 2 aromatic heterocycles. The van der Waals surface area contributed by atoms with E-state index in [0.717, 1.165) is 34.8 Å². The van der Waals surface area contributed by atoms with Gasteiger partial charge in [0.05, 0.1) is 22.2 Å². The standard InChI is InChI=1S/C21H11F4N3O2/c22-11-4-5-12(15(25)10-11)21(30)26-18-7-6-16-20(17(29)8-9-28(16)27-18)19-13(23)2-1-3-14(19)24/h1-10H,(H,26,27,30). The molecule has 0 aliphatic rings. The number of hydrogen-bond acceptors (Lipinski definition) is 3. The molecule has 0 bridgehead atoms. The summed E-state index contributed by atoms with van der Waals surface area (Å²) < 4.78 is 56.4. The number of hydrogen-bond donors (Lipinski definition) is 1. The number of halogens is 4. The molecule has 0 saturated carbocycles. The normalized spacial score (nSPS) is 10.9. The Kier molecular flexibility index (Phi) is 4.78. The first kappa shape index (κ1) is 19.3. The number of pyridine rings is 1. The van der Waals surface area contributed by atoms with Crippen LogP contribution in [0.25, 0.3) is 16.6 Å². The highest BCUT2D eigenvalue weighted by molar-refractivity contribution is 6.04. The number of aromatic nitrogens is 2. The second-order valence-electron chi connectivity index (χ2n) is 6.28. The smallest absolute Gasteiger partial charge is 0.259 e. The van der Waals surface area contributed by atoms with Gasteiger partial charge in [0.1, 0.15) is 23.3 Å². The van der Waals surface area contributed by atoms with Gasteiger partial charge in [-0.15, -0.1) is 0 Å². The molecule has 0 saturated heterocycles. The maximum Gasteiger partial charge on any atom is 0.259 e. The average molecular weight is 413 g/mol. The van der Waals surface area contributed by atoms with Gasteiger partial charge < -0.3 is 5.32 Å². The van der Waals surface area contributed by atoms with Gasteiger partial charge in [0.15, 0.2) is 11.2 Å². The number of rotatable bonds is 3. The predicted octanol–water partition coefficient (Wildman–Crippen LogP) is 4.17. The summed E-state index contributed by atoms with van der Waals surface area (Å²) in [6, 6.07) is 9.43. The Bertz CT molecular complexity index is 1350. The maximum absolute atomic E-state index is 14.2. The first-order chi connectivity index (χ1) is 14.3. The second kappa shape index (κ2) is 7.43. The minimum atomic E-state index is -1.05. The molecule has 0 fully saturated rings. The highest BCUT2D eigenvalue weighted by Crippen LogP contribution is 2.27. The molecule has 0 atom stereocenters. The molecule has 0 unspecified atom stereocenters. The van der Waals surface area contributed by atoms with Crippen LogP contribution in [0.15, 0.2) is 65.6 Å². The number of amides is 1. The molecule has 4 rings (SSSR count). The van der Waals surface area contributed by atoms with Crippen LogP contribution in [-0.4, -0.2) is 15.5 Å². The van der Waals surface area contributed by atoms with Crippen molar-refractivity contribution in [3.8, 4) is 11.1 Å². The third kappa shape index (κ3) is 3.41. The lowest BCUT2D eigenvalue weighted by molar-refractivity contribution is 0.102. The fourth-order valence-corrected chi connectivity index (χ4v) is 3.01. The summed E-state index contributed by atoms with van der Waals surface area (Å²) in [6.07, 6.45) is 1.26. The molecular weight excluding hydrogens is 402 g/mol. The number of benzene rings is 2. The summed E-state index contributed by atoms with van der Waals surface area (Å²) in [4.78, 5) is 24.6. The molecule has 0 radical (unpaired) electrons. The Morgan fingerprint density at radius 2 is 1.60 bits per heavy atom. The lowest BCUT2D eigenvalue weighted by Gasteiger charge is -2.11. The van der Waals surface area contributed by atoms with Crippen molar-refractivity contribution in [1.82, 2.24) is 9.61 Å². The van der Waals surface area contributed by atoms with Crippen molar-refractivity contribution >= 4 is 17.2 Å². The minimum absolute atomic E-state index is 0.0279. The quantitative estimate of drug-likeness (QED) is 0.513. The summed E-state index contributed by atoms with van der Waals surface area (Å²) >= 11 is 0. The molecule has 2 heterocycles. The number of nitrogens with one attached hydrogen (secondary N) is 1. The highest BCUT2D eigenvalue weighted by Gasteiger charge is 2.18. The largest absolute Gasteiger partial charge is 0.305 e. The van der Waals surface area contributed by atoms with Gasteiger partial charge in [-0.25, -0.2) is 22.1 Å². The molecule has 1 N–H and O–H groups in total. The van der Waals surface area contributed by atoms with Gasteiger partial charge in [0, 0.05) is 18.3 Å². The van der Waals surface area contributed by atoms with Crippen molar-refractivity contribution in [2.45, 2.75) is 0 Å². The van der Waals surface area contributed by atoms with Crippen molar-refractivity contribution in [2.75, 3.05) is 5.32 Å². The lowest BCUT2D eigenvalue weighted by atomic mass is 10.0. The monoisotopic (exact) mass is 413 g/mol. The zero-order valence-corrected chi connectivity index (χ0v) is 15.0. The minimum Gasteiger partial charge on any atom is -0.305 e. The van der Waals surface area contributed by atoms with Crippen molar-refractivity contribution in [3.63, 3.8) is 0 Å². The van der Waals surface area contributed by atoms with E-state index >= 15 is 0 Å². The molecule has 150 valence electrons. The van der Waals surface area contributed by atoms with Gasteiger partial charge in [-0.05, 0) is 36.4 Å². The van der Waals surface area contributed by atoms with Crippen molar-refractivity contribution < 1.29 is 22.4 Å². The third-order valence-electron chi connectivity index (χ3n) is 4.36. The zero-order chi connectivity index (χ0) is 21.4. The Morgan fingerprint density at radius 3 is 2.30 bits per heavy atom. The predicted molar refractivity (Wildman–Crippen MR) is 101 cm³/mol. The van der Waals surface area contributed by atoms with Crippen molar-refractivity contribution in [3.05, 3.63) is 99.8 Å². The molecule has 9 heteroatoms. The molecule has 4 aromatic rings. The molecule has 30 heavy (non-hydrogen) atoms. The van der Waals surface area contributed by atoms with Crippen LogP contribution in [0.3, 0.4) is 0 Å². The molecule has 2 aromatic carbocycles. The van der Waals surface area contributed by atoms with Gasteiger partial charge in [0.25, 0.3) is 5.91 Å². The first-order valence-electron chi connectivity index (χ1n) is 8.58. The second-order valence-corrected chi connectivity index (χ2v) is 6.28. The molecular formula is C21H11F4N3O2. The number of anilines is 1. The van der Waals surface area contributed by atoms with Crippen LogP contribution in [0.2, 0.25) is 0 Å². The van der Waals surface area contributed by atoms with Gasteiger partial charge in [-0.3, -0.25) is 9.59 Å². The molecule has 0 spiro atoms. The summed E-state index contributed by atoms with van der Waals surface area (Å²) in [6.45, 7) is 0. The maximum atomic E-state index is 14.2. The summed E-state index contributed by atoms with van der Waals surface area (Å²) in [5.74, 6) is -4.60. The highest BCUT2D eigenvalue weighted by atomic mass is 19.1. The number of carbonyl (C=O) groups excluding carboxylic acids is 1. The molecule has 5 nitrogen and oxygen atoms in total. The number of fused-ring (bicyclic) bond motifs is 1. The van der Waals surface area contributed by atoms with Crippen LogP contribution in [0.4, 0.5) is 23.4 Å². The van der Waals surface area contributed by atoms with Crippen LogP contribution >= 0.6 is 0 Å². The van der Waals surface area contributed by atoms with Gasteiger partial charge in [-0.2, -0.15) is 5.10 Å². The fourth-order valence-electron chi connectivity index (χ4n) is 3.01. The molecule has 1 amide bonds. The van der Waals surface area contributed by atoms with E-state index in [4.69, 9.17) is 0 Å². The van der Waals surface area contributed by atoms with E-state index in [0.29, 0.717) is 6.07 Å². The fraction of sp³-hybridized carbons (Fsp3) is 0. The SMILES string of the molecule is O=C(Nc1ccc2c(-c3c(F)cccc3F)c(=O)ccn2n1)c1ccc(F)cc1F. The van der Waals surface area contributed by atoms with E-state index < -0.39 is 45.7 Å². The first-order valence-corrected chi connectivity index (χ1v) is 8.58. The van der Waals surface area contributed by atoms with Crippen LogP contribution in [0.5, 0.6) is 0 Å². The summed E-state index contributed by atoms with van der Waals surface area (Å²) in [7, 11) is 0. The average Bonchev–Trinajstić information content (AvgIpc) is 2.69. The molecule has 0 aliphatic heterocycles. The third-order valence-corrected chi connectivity index (χ3v) is 4.36. The van der Waals surface area contributed by atoms with Crippen LogP contribution in [0.1, 0.15) is 10.4 Å². The number of carbonyl (C=O) groups is 1. The van der Waals surface area contributed by atoms with Crippen molar-refractivity contribution in [2.24, 2.45) is 0 Å². The topological polar surface area (TPSA) is 63.5 Å². The molecule has 0 aliphatic carbocycles. The van der Waals surface area contributed by atoms with Crippen LogP contribution < -0.4 is 10.7 Å². The van der Waals surface area contributed by atoms with E-state index in [1.54, 1.807) is 0 Å². The van der Waals surface area contributed by atoms with Gasteiger partial charge >= 0.3 is 0 Å².